The minimum Gasteiger partial charge on any atom is -0.497 e. The van der Waals surface area contributed by atoms with Crippen molar-refractivity contribution in [2.75, 3.05) is 20.7 Å². The molecule has 3 atom stereocenters. The number of benzene rings is 1. The summed E-state index contributed by atoms with van der Waals surface area (Å²) in [5, 5.41) is 0. The number of nitrogens with zero attached hydrogens (tertiary/aromatic N) is 1. The highest BCUT2D eigenvalue weighted by molar-refractivity contribution is 5.94. The molecular formula is C18H23NO2. The minimum atomic E-state index is -0.225. The Kier molecular flexibility index (Phi) is 2.90. The van der Waals surface area contributed by atoms with Gasteiger partial charge < -0.3 is 4.74 Å². The van der Waals surface area contributed by atoms with E-state index in [9.17, 15) is 4.79 Å². The maximum Gasteiger partial charge on any atom is 0.157 e. The van der Waals surface area contributed by atoms with Gasteiger partial charge in [-0.3, -0.25) is 9.69 Å². The number of ketones is 1. The Morgan fingerprint density at radius 2 is 2.19 bits per heavy atom. The summed E-state index contributed by atoms with van der Waals surface area (Å²) in [6, 6.07) is 6.90. The number of hydrogen-bond acceptors (Lipinski definition) is 3. The highest BCUT2D eigenvalue weighted by atomic mass is 16.5. The third-order valence-electron chi connectivity index (χ3n) is 6.12. The molecule has 0 N–H and O–H groups in total. The third kappa shape index (κ3) is 1.67. The van der Waals surface area contributed by atoms with E-state index in [0.29, 0.717) is 24.3 Å². The van der Waals surface area contributed by atoms with Gasteiger partial charge in [0.05, 0.1) is 19.1 Å². The van der Waals surface area contributed by atoms with Crippen molar-refractivity contribution in [2.24, 2.45) is 5.92 Å². The second kappa shape index (κ2) is 4.57. The highest BCUT2D eigenvalue weighted by Gasteiger charge is 2.57. The zero-order chi connectivity index (χ0) is 14.6. The van der Waals surface area contributed by atoms with E-state index in [4.69, 9.17) is 4.74 Å². The Morgan fingerprint density at radius 3 is 3.00 bits per heavy atom. The lowest BCUT2D eigenvalue weighted by Gasteiger charge is -2.57. The molecule has 1 aromatic rings. The van der Waals surface area contributed by atoms with Crippen LogP contribution in [0.3, 0.4) is 0 Å². The molecule has 0 amide bonds. The predicted octanol–water partition coefficient (Wildman–Crippen LogP) is 2.56. The molecule has 3 nitrogen and oxygen atoms in total. The first kappa shape index (κ1) is 13.3. The normalized spacial score (nSPS) is 35.0. The first-order valence-corrected chi connectivity index (χ1v) is 8.08. The largest absolute Gasteiger partial charge is 0.497 e. The molecule has 4 rings (SSSR count). The van der Waals surface area contributed by atoms with Gasteiger partial charge in [-0.2, -0.15) is 0 Å². The van der Waals surface area contributed by atoms with Crippen molar-refractivity contribution in [3.63, 3.8) is 0 Å². The second-order valence-corrected chi connectivity index (χ2v) is 6.96. The molecule has 0 aromatic heterocycles. The fraction of sp³-hybridized carbons (Fsp3) is 0.611. The molecule has 1 saturated carbocycles. The van der Waals surface area contributed by atoms with Gasteiger partial charge in [0.2, 0.25) is 0 Å². The SMILES string of the molecule is COc1ccc2c(c1)C13CCCCC1C(C2)N(C)CC3=O. The van der Waals surface area contributed by atoms with Gasteiger partial charge in [-0.05, 0) is 55.5 Å². The predicted molar refractivity (Wildman–Crippen MR) is 81.8 cm³/mol. The van der Waals surface area contributed by atoms with E-state index in [1.807, 2.05) is 6.07 Å². The molecule has 1 heterocycles. The smallest absolute Gasteiger partial charge is 0.157 e. The fourth-order valence-corrected chi connectivity index (χ4v) is 5.14. The number of carbonyl (C=O) groups is 1. The first-order valence-electron chi connectivity index (χ1n) is 8.08. The van der Waals surface area contributed by atoms with Crippen LogP contribution in [0.15, 0.2) is 18.2 Å². The van der Waals surface area contributed by atoms with Crippen molar-refractivity contribution >= 4 is 5.78 Å². The van der Waals surface area contributed by atoms with E-state index in [1.54, 1.807) is 7.11 Å². The molecule has 2 fully saturated rings. The highest BCUT2D eigenvalue weighted by Crippen LogP contribution is 2.54. The molecule has 0 spiro atoms. The summed E-state index contributed by atoms with van der Waals surface area (Å²) in [5.74, 6) is 1.81. The number of likely N-dealkylation sites (tertiary alicyclic amines) is 1. The molecule has 1 saturated heterocycles. The van der Waals surface area contributed by atoms with Gasteiger partial charge in [0.25, 0.3) is 0 Å². The zero-order valence-electron chi connectivity index (χ0n) is 12.9. The molecule has 3 heteroatoms. The van der Waals surface area contributed by atoms with E-state index in [-0.39, 0.29) is 5.41 Å². The van der Waals surface area contributed by atoms with E-state index >= 15 is 0 Å². The molecule has 112 valence electrons. The Balaban J connectivity index is 1.94. The Bertz CT molecular complexity index is 597. The van der Waals surface area contributed by atoms with Crippen LogP contribution in [0.5, 0.6) is 5.75 Å². The topological polar surface area (TPSA) is 29.5 Å². The van der Waals surface area contributed by atoms with Gasteiger partial charge in [0.1, 0.15) is 5.75 Å². The Hall–Kier alpha value is -1.35. The lowest BCUT2D eigenvalue weighted by Crippen LogP contribution is -2.64. The van der Waals surface area contributed by atoms with Gasteiger partial charge in [-0.1, -0.05) is 18.9 Å². The number of piperidine rings is 1. The minimum absolute atomic E-state index is 0.225. The number of likely N-dealkylation sites (N-methyl/N-ethyl adjacent to an activating group) is 1. The molecule has 21 heavy (non-hydrogen) atoms. The van der Waals surface area contributed by atoms with Crippen LogP contribution in [-0.4, -0.2) is 37.4 Å². The maximum absolute atomic E-state index is 13.1. The van der Waals surface area contributed by atoms with Crippen molar-refractivity contribution in [3.8, 4) is 5.75 Å². The Morgan fingerprint density at radius 1 is 1.33 bits per heavy atom. The van der Waals surface area contributed by atoms with Crippen LogP contribution in [0, 0.1) is 5.92 Å². The summed E-state index contributed by atoms with van der Waals surface area (Å²) in [7, 11) is 3.83. The van der Waals surface area contributed by atoms with Crippen molar-refractivity contribution < 1.29 is 9.53 Å². The maximum atomic E-state index is 13.1. The summed E-state index contributed by atoms with van der Waals surface area (Å²) >= 11 is 0. The van der Waals surface area contributed by atoms with E-state index in [1.165, 1.54) is 30.4 Å². The van der Waals surface area contributed by atoms with Crippen molar-refractivity contribution in [1.29, 1.82) is 0 Å². The van der Waals surface area contributed by atoms with Gasteiger partial charge in [-0.25, -0.2) is 0 Å². The van der Waals surface area contributed by atoms with Crippen LogP contribution in [0.25, 0.3) is 0 Å². The number of ether oxygens (including phenoxy) is 1. The molecule has 1 aliphatic heterocycles. The molecular weight excluding hydrogens is 262 g/mol. The lowest BCUT2D eigenvalue weighted by molar-refractivity contribution is -0.138. The van der Waals surface area contributed by atoms with Gasteiger partial charge in [0, 0.05) is 6.04 Å². The number of methoxy groups -OCH3 is 1. The molecule has 3 aliphatic rings. The number of fused-ring (bicyclic) bond motifs is 1. The molecule has 2 aliphatic carbocycles. The summed E-state index contributed by atoms with van der Waals surface area (Å²) < 4.78 is 5.43. The standard InChI is InChI=1S/C18H23NO2/c1-19-11-17(20)18-8-4-3-5-14(18)16(19)9-12-6-7-13(21-2)10-15(12)18/h6-7,10,14,16H,3-5,8-9,11H2,1-2H3. The van der Waals surface area contributed by atoms with Crippen LogP contribution in [0.1, 0.15) is 36.8 Å². The van der Waals surface area contributed by atoms with Crippen LogP contribution in [-0.2, 0) is 16.6 Å². The number of carbonyl (C=O) groups excluding carboxylic acids is 1. The van der Waals surface area contributed by atoms with Gasteiger partial charge in [0.15, 0.2) is 5.78 Å². The van der Waals surface area contributed by atoms with E-state index in [0.717, 1.165) is 18.6 Å². The lowest BCUT2D eigenvalue weighted by atomic mass is 9.52. The van der Waals surface area contributed by atoms with Gasteiger partial charge >= 0.3 is 0 Å². The van der Waals surface area contributed by atoms with Crippen molar-refractivity contribution in [3.05, 3.63) is 29.3 Å². The zero-order valence-corrected chi connectivity index (χ0v) is 12.9. The van der Waals surface area contributed by atoms with Crippen LogP contribution in [0.2, 0.25) is 0 Å². The average Bonchev–Trinajstić information content (AvgIpc) is 2.52. The Labute approximate surface area is 126 Å². The quantitative estimate of drug-likeness (QED) is 0.794. The van der Waals surface area contributed by atoms with E-state index < -0.39 is 0 Å². The number of Topliss-reactive ketones (excluding diaryl/α,β-unsaturated/α-hetero) is 1. The number of hydrogen-bond donors (Lipinski definition) is 0. The molecule has 1 aromatic carbocycles. The van der Waals surface area contributed by atoms with Crippen LogP contribution in [0.4, 0.5) is 0 Å². The average molecular weight is 285 g/mol. The monoisotopic (exact) mass is 285 g/mol. The number of rotatable bonds is 1. The van der Waals surface area contributed by atoms with Crippen LogP contribution < -0.4 is 4.74 Å². The second-order valence-electron chi connectivity index (χ2n) is 6.96. The fourth-order valence-electron chi connectivity index (χ4n) is 5.14. The summed E-state index contributed by atoms with van der Waals surface area (Å²) in [4.78, 5) is 15.3. The van der Waals surface area contributed by atoms with Crippen LogP contribution >= 0.6 is 0 Å². The first-order chi connectivity index (χ1) is 10.2. The van der Waals surface area contributed by atoms with E-state index in [2.05, 4.69) is 24.1 Å². The summed E-state index contributed by atoms with van der Waals surface area (Å²) in [6.07, 6.45) is 5.74. The van der Waals surface area contributed by atoms with Gasteiger partial charge in [-0.15, -0.1) is 0 Å². The molecule has 2 bridgehead atoms. The summed E-state index contributed by atoms with van der Waals surface area (Å²) in [5.41, 5.74) is 2.41. The molecule has 3 unspecified atom stereocenters. The van der Waals surface area contributed by atoms with Crippen molar-refractivity contribution in [1.82, 2.24) is 4.90 Å². The summed E-state index contributed by atoms with van der Waals surface area (Å²) in [6.45, 7) is 0.609. The van der Waals surface area contributed by atoms with Crippen molar-refractivity contribution in [2.45, 2.75) is 43.6 Å². The third-order valence-corrected chi connectivity index (χ3v) is 6.12. The molecule has 0 radical (unpaired) electrons.